The quantitative estimate of drug-likeness (QED) is 0.884. The van der Waals surface area contributed by atoms with E-state index in [9.17, 15) is 4.79 Å². The Morgan fingerprint density at radius 3 is 2.60 bits per heavy atom. The number of imidazole rings is 1. The lowest BCUT2D eigenvalue weighted by molar-refractivity contribution is 0.0597. The lowest BCUT2D eigenvalue weighted by atomic mass is 9.93. The van der Waals surface area contributed by atoms with Crippen LogP contribution in [-0.4, -0.2) is 51.8 Å². The lowest BCUT2D eigenvalue weighted by Gasteiger charge is -2.27. The predicted octanol–water partition coefficient (Wildman–Crippen LogP) is 1.57. The van der Waals surface area contributed by atoms with Gasteiger partial charge in [-0.2, -0.15) is 4.98 Å². The number of carbonyl (C=O) groups excluding carboxylic acids is 1. The second-order valence-electron chi connectivity index (χ2n) is 6.19. The zero-order chi connectivity index (χ0) is 17.8. The van der Waals surface area contributed by atoms with Crippen molar-refractivity contribution in [3.63, 3.8) is 0 Å². The molecule has 1 N–H and O–H groups in total. The standard InChI is InChI=1S/C17H23N5O3/c1-22-10-18-9-14(22)13-8-15(25-3)21-16(20-13)17(23)19-11-4-6-12(24-2)7-5-11/h8-12H,4-7H2,1-3H3,(H,19,23). The first-order chi connectivity index (χ1) is 12.1. The van der Waals surface area contributed by atoms with Gasteiger partial charge in [0.05, 0.1) is 37.1 Å². The second-order valence-corrected chi connectivity index (χ2v) is 6.19. The number of aryl methyl sites for hydroxylation is 1. The van der Waals surface area contributed by atoms with Crippen molar-refractivity contribution in [3.8, 4) is 17.3 Å². The van der Waals surface area contributed by atoms with Crippen LogP contribution in [0.5, 0.6) is 5.88 Å². The van der Waals surface area contributed by atoms with Crippen LogP contribution in [0.2, 0.25) is 0 Å². The Labute approximate surface area is 146 Å². The van der Waals surface area contributed by atoms with Gasteiger partial charge in [-0.15, -0.1) is 0 Å². The smallest absolute Gasteiger partial charge is 0.289 e. The Kier molecular flexibility index (Phi) is 5.28. The molecule has 1 aliphatic carbocycles. The minimum absolute atomic E-state index is 0.101. The zero-order valence-electron chi connectivity index (χ0n) is 14.7. The number of nitrogens with zero attached hydrogens (tertiary/aromatic N) is 4. The number of rotatable bonds is 5. The highest BCUT2D eigenvalue weighted by molar-refractivity contribution is 5.91. The van der Waals surface area contributed by atoms with Gasteiger partial charge < -0.3 is 19.4 Å². The molecule has 1 aliphatic rings. The van der Waals surface area contributed by atoms with Gasteiger partial charge in [0.2, 0.25) is 11.7 Å². The molecule has 8 heteroatoms. The fraction of sp³-hybridized carbons (Fsp3) is 0.529. The monoisotopic (exact) mass is 345 g/mol. The maximum absolute atomic E-state index is 12.6. The molecular weight excluding hydrogens is 322 g/mol. The maximum Gasteiger partial charge on any atom is 0.289 e. The van der Waals surface area contributed by atoms with E-state index < -0.39 is 0 Å². The topological polar surface area (TPSA) is 91.2 Å². The van der Waals surface area contributed by atoms with E-state index in [1.807, 2.05) is 11.6 Å². The average molecular weight is 345 g/mol. The summed E-state index contributed by atoms with van der Waals surface area (Å²) >= 11 is 0. The van der Waals surface area contributed by atoms with Gasteiger partial charge in [-0.3, -0.25) is 4.79 Å². The molecule has 1 fully saturated rings. The van der Waals surface area contributed by atoms with Crippen molar-refractivity contribution in [2.24, 2.45) is 7.05 Å². The first kappa shape index (κ1) is 17.3. The first-order valence-corrected chi connectivity index (χ1v) is 8.34. The molecule has 0 aliphatic heterocycles. The number of methoxy groups -OCH3 is 2. The summed E-state index contributed by atoms with van der Waals surface area (Å²) in [5.74, 6) is 0.159. The van der Waals surface area contributed by atoms with Crippen LogP contribution in [0.4, 0.5) is 0 Å². The molecule has 134 valence electrons. The molecular formula is C17H23N5O3. The Balaban J connectivity index is 1.77. The van der Waals surface area contributed by atoms with E-state index in [4.69, 9.17) is 9.47 Å². The number of hydrogen-bond donors (Lipinski definition) is 1. The van der Waals surface area contributed by atoms with Gasteiger partial charge in [0.25, 0.3) is 5.91 Å². The Morgan fingerprint density at radius 1 is 1.24 bits per heavy atom. The summed E-state index contributed by atoms with van der Waals surface area (Å²) < 4.78 is 12.4. The van der Waals surface area contributed by atoms with Crippen LogP contribution >= 0.6 is 0 Å². The summed E-state index contributed by atoms with van der Waals surface area (Å²) in [6, 6.07) is 1.81. The van der Waals surface area contributed by atoms with Gasteiger partial charge >= 0.3 is 0 Å². The number of carbonyl (C=O) groups is 1. The fourth-order valence-corrected chi connectivity index (χ4v) is 3.06. The van der Waals surface area contributed by atoms with E-state index in [0.717, 1.165) is 31.4 Å². The molecule has 2 heterocycles. The molecule has 1 amide bonds. The van der Waals surface area contributed by atoms with E-state index in [-0.39, 0.29) is 23.9 Å². The molecule has 0 atom stereocenters. The van der Waals surface area contributed by atoms with Gasteiger partial charge in [0.1, 0.15) is 0 Å². The highest BCUT2D eigenvalue weighted by atomic mass is 16.5. The Bertz CT molecular complexity index is 738. The van der Waals surface area contributed by atoms with Crippen LogP contribution in [-0.2, 0) is 11.8 Å². The molecule has 2 aromatic heterocycles. The summed E-state index contributed by atoms with van der Waals surface area (Å²) in [5, 5.41) is 3.02. The zero-order valence-corrected chi connectivity index (χ0v) is 14.7. The fourth-order valence-electron chi connectivity index (χ4n) is 3.06. The van der Waals surface area contributed by atoms with Crippen LogP contribution in [0.25, 0.3) is 11.4 Å². The molecule has 0 unspecified atom stereocenters. The number of ether oxygens (including phenoxy) is 2. The first-order valence-electron chi connectivity index (χ1n) is 8.34. The van der Waals surface area contributed by atoms with Crippen molar-refractivity contribution in [2.45, 2.75) is 37.8 Å². The molecule has 25 heavy (non-hydrogen) atoms. The lowest BCUT2D eigenvalue weighted by Crippen LogP contribution is -2.39. The summed E-state index contributed by atoms with van der Waals surface area (Å²) in [4.78, 5) is 25.3. The largest absolute Gasteiger partial charge is 0.481 e. The van der Waals surface area contributed by atoms with E-state index >= 15 is 0 Å². The third-order valence-electron chi connectivity index (χ3n) is 4.54. The van der Waals surface area contributed by atoms with Crippen LogP contribution in [0.3, 0.4) is 0 Å². The van der Waals surface area contributed by atoms with E-state index in [1.54, 1.807) is 25.7 Å². The molecule has 0 aromatic carbocycles. The van der Waals surface area contributed by atoms with E-state index in [2.05, 4.69) is 20.3 Å². The molecule has 8 nitrogen and oxygen atoms in total. The maximum atomic E-state index is 12.6. The van der Waals surface area contributed by atoms with Crippen LogP contribution < -0.4 is 10.1 Å². The Hall–Kier alpha value is -2.48. The second kappa shape index (κ2) is 7.60. The minimum Gasteiger partial charge on any atom is -0.481 e. The van der Waals surface area contributed by atoms with Crippen LogP contribution in [0.1, 0.15) is 36.3 Å². The number of hydrogen-bond acceptors (Lipinski definition) is 6. The summed E-state index contributed by atoms with van der Waals surface area (Å²) in [7, 11) is 5.11. The number of amides is 1. The minimum atomic E-state index is -0.289. The molecule has 0 radical (unpaired) electrons. The van der Waals surface area contributed by atoms with E-state index in [0.29, 0.717) is 11.6 Å². The van der Waals surface area contributed by atoms with Crippen molar-refractivity contribution >= 4 is 5.91 Å². The molecule has 0 bridgehead atoms. The van der Waals surface area contributed by atoms with Crippen LogP contribution in [0, 0.1) is 0 Å². The third-order valence-corrected chi connectivity index (χ3v) is 4.54. The predicted molar refractivity (Wildman–Crippen MR) is 91.3 cm³/mol. The van der Waals surface area contributed by atoms with Gasteiger partial charge in [-0.05, 0) is 25.7 Å². The van der Waals surface area contributed by atoms with Gasteiger partial charge in [0, 0.05) is 26.3 Å². The summed E-state index contributed by atoms with van der Waals surface area (Å²) in [6.07, 6.45) is 7.33. The highest BCUT2D eigenvalue weighted by Gasteiger charge is 2.24. The molecule has 0 saturated heterocycles. The van der Waals surface area contributed by atoms with Gasteiger partial charge in [-0.25, -0.2) is 9.97 Å². The Morgan fingerprint density at radius 2 is 2.00 bits per heavy atom. The molecule has 1 saturated carbocycles. The van der Waals surface area contributed by atoms with Crippen molar-refractivity contribution in [1.29, 1.82) is 0 Å². The summed E-state index contributed by atoms with van der Waals surface area (Å²) in [5.41, 5.74) is 1.38. The van der Waals surface area contributed by atoms with Crippen molar-refractivity contribution in [2.75, 3.05) is 14.2 Å². The molecule has 3 rings (SSSR count). The molecule has 2 aromatic rings. The van der Waals surface area contributed by atoms with Crippen molar-refractivity contribution < 1.29 is 14.3 Å². The van der Waals surface area contributed by atoms with Crippen molar-refractivity contribution in [1.82, 2.24) is 24.8 Å². The van der Waals surface area contributed by atoms with E-state index in [1.165, 1.54) is 7.11 Å². The number of nitrogens with one attached hydrogen (secondary N) is 1. The summed E-state index contributed by atoms with van der Waals surface area (Å²) in [6.45, 7) is 0. The average Bonchev–Trinajstić information content (AvgIpc) is 3.08. The van der Waals surface area contributed by atoms with Crippen molar-refractivity contribution in [3.05, 3.63) is 24.4 Å². The third kappa shape index (κ3) is 3.96. The number of aromatic nitrogens is 4. The van der Waals surface area contributed by atoms with Crippen LogP contribution in [0.15, 0.2) is 18.6 Å². The normalized spacial score (nSPS) is 20.3. The van der Waals surface area contributed by atoms with Gasteiger partial charge in [0.15, 0.2) is 0 Å². The highest BCUT2D eigenvalue weighted by Crippen LogP contribution is 2.22. The SMILES string of the molecule is COc1cc(-c2cncn2C)nc(C(=O)NC2CCC(OC)CC2)n1. The van der Waals surface area contributed by atoms with Gasteiger partial charge in [-0.1, -0.05) is 0 Å². The molecule has 0 spiro atoms.